The third kappa shape index (κ3) is 3.39. The van der Waals surface area contributed by atoms with E-state index in [-0.39, 0.29) is 12.6 Å². The molecular weight excluding hydrogens is 333 g/mol. The first-order valence-corrected chi connectivity index (χ1v) is 8.05. The van der Waals surface area contributed by atoms with E-state index in [1.807, 2.05) is 0 Å². The summed E-state index contributed by atoms with van der Waals surface area (Å²) in [5.41, 5.74) is 5.28. The van der Waals surface area contributed by atoms with Crippen molar-refractivity contribution in [1.82, 2.24) is 14.7 Å². The molecule has 2 aromatic rings. The SMILES string of the molecule is Cc1ccccc1-n1ncc(C(=O)N2CCC[C@@H](N)C2)c1C(F)(F)F. The minimum Gasteiger partial charge on any atom is -0.337 e. The van der Waals surface area contributed by atoms with Gasteiger partial charge in [-0.05, 0) is 31.4 Å². The lowest BCUT2D eigenvalue weighted by atomic mass is 10.1. The fourth-order valence-electron chi connectivity index (χ4n) is 3.13. The average Bonchev–Trinajstić information content (AvgIpc) is 2.99. The van der Waals surface area contributed by atoms with Gasteiger partial charge in [0.05, 0.1) is 17.4 Å². The van der Waals surface area contributed by atoms with Crippen molar-refractivity contribution in [2.75, 3.05) is 13.1 Å². The number of aryl methyl sites for hydroxylation is 1. The number of hydrogen-bond donors (Lipinski definition) is 1. The number of nitrogens with zero attached hydrogens (tertiary/aromatic N) is 3. The van der Waals surface area contributed by atoms with Crippen molar-refractivity contribution >= 4 is 5.91 Å². The van der Waals surface area contributed by atoms with Gasteiger partial charge in [0.15, 0.2) is 5.69 Å². The second-order valence-electron chi connectivity index (χ2n) is 6.26. The van der Waals surface area contributed by atoms with Gasteiger partial charge in [0.25, 0.3) is 5.91 Å². The molecule has 3 rings (SSSR count). The highest BCUT2D eigenvalue weighted by Crippen LogP contribution is 2.35. The highest BCUT2D eigenvalue weighted by molar-refractivity contribution is 5.95. The zero-order chi connectivity index (χ0) is 18.2. The molecule has 1 saturated heterocycles. The Balaban J connectivity index is 2.06. The molecule has 1 aromatic carbocycles. The lowest BCUT2D eigenvalue weighted by Crippen LogP contribution is -2.46. The van der Waals surface area contributed by atoms with E-state index in [0.717, 1.165) is 17.3 Å². The molecule has 1 aliphatic rings. The third-order valence-corrected chi connectivity index (χ3v) is 4.36. The minimum absolute atomic E-state index is 0.210. The van der Waals surface area contributed by atoms with E-state index in [2.05, 4.69) is 5.10 Å². The first-order valence-electron chi connectivity index (χ1n) is 8.05. The van der Waals surface area contributed by atoms with Gasteiger partial charge in [0, 0.05) is 19.1 Å². The van der Waals surface area contributed by atoms with E-state index in [1.54, 1.807) is 31.2 Å². The molecule has 8 heteroatoms. The molecule has 0 radical (unpaired) electrons. The van der Waals surface area contributed by atoms with Gasteiger partial charge in [-0.15, -0.1) is 0 Å². The molecule has 0 unspecified atom stereocenters. The summed E-state index contributed by atoms with van der Waals surface area (Å²) >= 11 is 0. The van der Waals surface area contributed by atoms with Crippen molar-refractivity contribution in [3.63, 3.8) is 0 Å². The third-order valence-electron chi connectivity index (χ3n) is 4.36. The van der Waals surface area contributed by atoms with E-state index in [4.69, 9.17) is 5.73 Å². The van der Waals surface area contributed by atoms with Gasteiger partial charge in [0.1, 0.15) is 0 Å². The molecule has 1 fully saturated rings. The van der Waals surface area contributed by atoms with Crippen LogP contribution in [-0.4, -0.2) is 39.7 Å². The summed E-state index contributed by atoms with van der Waals surface area (Å²) in [4.78, 5) is 14.0. The van der Waals surface area contributed by atoms with Crippen LogP contribution in [0, 0.1) is 6.92 Å². The summed E-state index contributed by atoms with van der Waals surface area (Å²) in [7, 11) is 0. The Morgan fingerprint density at radius 2 is 2.04 bits per heavy atom. The molecular formula is C17H19F3N4O. The summed E-state index contributed by atoms with van der Waals surface area (Å²) < 4.78 is 41.9. The normalized spacial score (nSPS) is 18.4. The highest BCUT2D eigenvalue weighted by Gasteiger charge is 2.42. The molecule has 0 spiro atoms. The molecule has 1 amide bonds. The molecule has 1 aromatic heterocycles. The Bertz CT molecular complexity index is 784. The van der Waals surface area contributed by atoms with Crippen LogP contribution in [0.1, 0.15) is 34.5 Å². The molecule has 0 aliphatic carbocycles. The maximum atomic E-state index is 13.7. The summed E-state index contributed by atoms with van der Waals surface area (Å²) in [5.74, 6) is -0.678. The summed E-state index contributed by atoms with van der Waals surface area (Å²) in [6.45, 7) is 2.35. The van der Waals surface area contributed by atoms with E-state index in [9.17, 15) is 18.0 Å². The Morgan fingerprint density at radius 3 is 2.68 bits per heavy atom. The molecule has 1 atom stereocenters. The van der Waals surface area contributed by atoms with Crippen LogP contribution < -0.4 is 5.73 Å². The lowest BCUT2D eigenvalue weighted by Gasteiger charge is -2.30. The number of hydrogen-bond acceptors (Lipinski definition) is 3. The Kier molecular flexibility index (Phi) is 4.55. The topological polar surface area (TPSA) is 64.2 Å². The average molecular weight is 352 g/mol. The van der Waals surface area contributed by atoms with Gasteiger partial charge in [-0.1, -0.05) is 18.2 Å². The molecule has 5 nitrogen and oxygen atoms in total. The zero-order valence-electron chi connectivity index (χ0n) is 13.8. The van der Waals surface area contributed by atoms with Crippen LogP contribution in [0.2, 0.25) is 0 Å². The van der Waals surface area contributed by atoms with Crippen LogP contribution in [-0.2, 0) is 6.18 Å². The maximum Gasteiger partial charge on any atom is 0.434 e. The number of para-hydroxylation sites is 1. The monoisotopic (exact) mass is 352 g/mol. The number of halogens is 3. The van der Waals surface area contributed by atoms with Gasteiger partial charge in [-0.25, -0.2) is 4.68 Å². The molecule has 25 heavy (non-hydrogen) atoms. The van der Waals surface area contributed by atoms with Crippen LogP contribution >= 0.6 is 0 Å². The van der Waals surface area contributed by atoms with Gasteiger partial charge in [-0.3, -0.25) is 4.79 Å². The Hall–Kier alpha value is -2.35. The number of alkyl halides is 3. The fraction of sp³-hybridized carbons (Fsp3) is 0.412. The van der Waals surface area contributed by atoms with Gasteiger partial charge >= 0.3 is 6.18 Å². The number of aromatic nitrogens is 2. The zero-order valence-corrected chi connectivity index (χ0v) is 13.8. The predicted molar refractivity (Wildman–Crippen MR) is 86.4 cm³/mol. The van der Waals surface area contributed by atoms with Crippen molar-refractivity contribution in [1.29, 1.82) is 0 Å². The van der Waals surface area contributed by atoms with E-state index in [1.165, 1.54) is 4.90 Å². The highest BCUT2D eigenvalue weighted by atomic mass is 19.4. The van der Waals surface area contributed by atoms with Crippen molar-refractivity contribution in [2.24, 2.45) is 5.73 Å². The van der Waals surface area contributed by atoms with Crippen LogP contribution in [0.3, 0.4) is 0 Å². The number of benzene rings is 1. The molecule has 1 aliphatic heterocycles. The molecule has 0 saturated carbocycles. The van der Waals surface area contributed by atoms with Crippen molar-refractivity contribution in [3.05, 3.63) is 47.3 Å². The lowest BCUT2D eigenvalue weighted by molar-refractivity contribution is -0.143. The standard InChI is InChI=1S/C17H19F3N4O/c1-11-5-2-3-7-14(11)24-15(17(18,19)20)13(9-22-24)16(25)23-8-4-6-12(21)10-23/h2-3,5,7,9,12H,4,6,8,10,21H2,1H3/t12-/m1/s1. The van der Waals surface area contributed by atoms with E-state index < -0.39 is 23.3 Å². The number of carbonyl (C=O) groups is 1. The number of piperidine rings is 1. The Labute approximate surface area is 143 Å². The first-order chi connectivity index (χ1) is 11.8. The molecule has 0 bridgehead atoms. The molecule has 2 N–H and O–H groups in total. The van der Waals surface area contributed by atoms with Crippen LogP contribution in [0.15, 0.2) is 30.5 Å². The summed E-state index contributed by atoms with van der Waals surface area (Å²) in [6.07, 6.45) is -2.27. The number of likely N-dealkylation sites (tertiary alicyclic amines) is 1. The number of rotatable bonds is 2. The minimum atomic E-state index is -4.71. The van der Waals surface area contributed by atoms with E-state index >= 15 is 0 Å². The molecule has 2 heterocycles. The summed E-state index contributed by atoms with van der Waals surface area (Å²) in [6, 6.07) is 6.40. The second-order valence-corrected chi connectivity index (χ2v) is 6.26. The van der Waals surface area contributed by atoms with Gasteiger partial charge in [-0.2, -0.15) is 18.3 Å². The van der Waals surface area contributed by atoms with Crippen molar-refractivity contribution in [3.8, 4) is 5.69 Å². The Morgan fingerprint density at radius 1 is 1.32 bits per heavy atom. The fourth-order valence-corrected chi connectivity index (χ4v) is 3.13. The van der Waals surface area contributed by atoms with Gasteiger partial charge in [0.2, 0.25) is 0 Å². The maximum absolute atomic E-state index is 13.7. The number of amides is 1. The number of nitrogens with two attached hydrogens (primary N) is 1. The largest absolute Gasteiger partial charge is 0.434 e. The first kappa shape index (κ1) is 17.5. The smallest absolute Gasteiger partial charge is 0.337 e. The van der Waals surface area contributed by atoms with Crippen LogP contribution in [0.25, 0.3) is 5.69 Å². The summed E-state index contributed by atoms with van der Waals surface area (Å²) in [5, 5.41) is 3.87. The van der Waals surface area contributed by atoms with Crippen LogP contribution in [0.5, 0.6) is 0 Å². The van der Waals surface area contributed by atoms with Crippen molar-refractivity contribution in [2.45, 2.75) is 32.0 Å². The predicted octanol–water partition coefficient (Wildman–Crippen LogP) is 2.76. The quantitative estimate of drug-likeness (QED) is 0.904. The number of carbonyl (C=O) groups excluding carboxylic acids is 1. The van der Waals surface area contributed by atoms with Crippen molar-refractivity contribution < 1.29 is 18.0 Å². The molecule has 134 valence electrons. The van der Waals surface area contributed by atoms with Crippen LogP contribution in [0.4, 0.5) is 13.2 Å². The van der Waals surface area contributed by atoms with Gasteiger partial charge < -0.3 is 10.6 Å². The van der Waals surface area contributed by atoms with E-state index in [0.29, 0.717) is 24.2 Å². The second kappa shape index (κ2) is 6.51.